The van der Waals surface area contributed by atoms with Crippen molar-refractivity contribution in [2.75, 3.05) is 10.6 Å². The van der Waals surface area contributed by atoms with Crippen LogP contribution >= 0.6 is 35.6 Å². The summed E-state index contributed by atoms with van der Waals surface area (Å²) in [5, 5.41) is 22.8. The lowest BCUT2D eigenvalue weighted by atomic mass is 9.95. The Bertz CT molecular complexity index is 1530. The second-order valence-electron chi connectivity index (χ2n) is 8.42. The van der Waals surface area contributed by atoms with Gasteiger partial charge in [0.25, 0.3) is 0 Å². The summed E-state index contributed by atoms with van der Waals surface area (Å²) in [6, 6.07) is 16.8. The Morgan fingerprint density at radius 3 is 2.58 bits per heavy atom. The van der Waals surface area contributed by atoms with Gasteiger partial charge in [0, 0.05) is 18.2 Å². The number of carbonyl (C=O) groups excluding carboxylic acids is 1. The molecule has 5 rings (SSSR count). The van der Waals surface area contributed by atoms with Crippen molar-refractivity contribution < 1.29 is 19.1 Å². The summed E-state index contributed by atoms with van der Waals surface area (Å²) in [5.74, 6) is -1.14. The number of aliphatic carboxylic acids is 1. The van der Waals surface area contributed by atoms with Crippen LogP contribution in [0.5, 0.6) is 0 Å². The minimum atomic E-state index is -0.935. The highest BCUT2D eigenvalue weighted by Gasteiger charge is 2.24. The molecule has 3 aromatic carbocycles. The molecule has 38 heavy (non-hydrogen) atoms. The predicted molar refractivity (Wildman–Crippen MR) is 147 cm³/mol. The van der Waals surface area contributed by atoms with Crippen molar-refractivity contribution in [1.82, 2.24) is 15.1 Å². The molecule has 1 aliphatic rings. The van der Waals surface area contributed by atoms with Crippen molar-refractivity contribution in [3.63, 3.8) is 0 Å². The average molecular weight is 577 g/mol. The van der Waals surface area contributed by atoms with Gasteiger partial charge in [-0.25, -0.2) is 13.9 Å². The molecule has 196 valence electrons. The lowest BCUT2D eigenvalue weighted by Crippen LogP contribution is -2.41. The van der Waals surface area contributed by atoms with Crippen LogP contribution in [-0.4, -0.2) is 32.9 Å². The number of carboxylic acids is 1. The molecule has 4 aromatic rings. The first-order valence-electron chi connectivity index (χ1n) is 11.3. The molecule has 1 aromatic heterocycles. The quantitative estimate of drug-likeness (QED) is 0.228. The van der Waals surface area contributed by atoms with Crippen molar-refractivity contribution in [3.05, 3.63) is 93.7 Å². The maximum Gasteiger partial charge on any atom is 0.324 e. The van der Waals surface area contributed by atoms with Crippen LogP contribution < -0.4 is 16.0 Å². The zero-order chi connectivity index (χ0) is 26.1. The molecular weight excluding hydrogens is 556 g/mol. The molecule has 1 atom stereocenters. The van der Waals surface area contributed by atoms with Gasteiger partial charge in [0.15, 0.2) is 0 Å². The Morgan fingerprint density at radius 1 is 1.03 bits per heavy atom. The molecule has 0 saturated heterocycles. The fourth-order valence-corrected chi connectivity index (χ4v) is 4.49. The number of amides is 2. The Hall–Kier alpha value is -3.63. The van der Waals surface area contributed by atoms with Crippen LogP contribution in [0.15, 0.2) is 66.7 Å². The highest BCUT2D eigenvalue weighted by molar-refractivity contribution is 6.44. The number of hydrogen-bond donors (Lipinski definition) is 4. The van der Waals surface area contributed by atoms with E-state index in [1.54, 1.807) is 48.5 Å². The molecule has 0 saturated carbocycles. The molecule has 4 N–H and O–H groups in total. The molecule has 0 radical (unpaired) electrons. The van der Waals surface area contributed by atoms with Gasteiger partial charge >= 0.3 is 12.0 Å². The van der Waals surface area contributed by atoms with Crippen molar-refractivity contribution in [2.45, 2.75) is 19.0 Å². The fourth-order valence-electron chi connectivity index (χ4n) is 4.14. The van der Waals surface area contributed by atoms with Gasteiger partial charge in [-0.2, -0.15) is 5.10 Å². The molecule has 1 aliphatic heterocycles. The third-order valence-corrected chi connectivity index (χ3v) is 6.81. The van der Waals surface area contributed by atoms with Crippen LogP contribution in [0.3, 0.4) is 0 Å². The van der Waals surface area contributed by atoms with E-state index in [1.807, 2.05) is 12.1 Å². The largest absolute Gasteiger partial charge is 0.480 e. The predicted octanol–water partition coefficient (Wildman–Crippen LogP) is 6.15. The van der Waals surface area contributed by atoms with E-state index in [2.05, 4.69) is 21.0 Å². The minimum Gasteiger partial charge on any atom is -0.480 e. The average Bonchev–Trinajstić information content (AvgIpc) is 3.29. The number of nitrogens with one attached hydrogen (secondary N) is 3. The van der Waals surface area contributed by atoms with Gasteiger partial charge in [-0.15, -0.1) is 12.4 Å². The Balaban J connectivity index is 0.00000336. The first kappa shape index (κ1) is 27.4. The molecule has 2 amide bonds. The number of carbonyl (C=O) groups is 2. The Labute approximate surface area is 233 Å². The summed E-state index contributed by atoms with van der Waals surface area (Å²) < 4.78 is 16.0. The van der Waals surface area contributed by atoms with Crippen LogP contribution in [0.2, 0.25) is 10.0 Å². The van der Waals surface area contributed by atoms with E-state index in [1.165, 1.54) is 10.7 Å². The molecule has 8 nitrogen and oxygen atoms in total. The van der Waals surface area contributed by atoms with Crippen molar-refractivity contribution in [2.24, 2.45) is 0 Å². The summed E-state index contributed by atoms with van der Waals surface area (Å²) in [6.45, 7) is 0.417. The smallest absolute Gasteiger partial charge is 0.324 e. The summed E-state index contributed by atoms with van der Waals surface area (Å²) in [5.41, 5.74) is 3.25. The Kier molecular flexibility index (Phi) is 8.23. The number of nitrogens with zero attached hydrogens (tertiary/aromatic N) is 2. The second-order valence-corrected chi connectivity index (χ2v) is 9.20. The van der Waals surface area contributed by atoms with Gasteiger partial charge in [-0.05, 0) is 53.9 Å². The van der Waals surface area contributed by atoms with Gasteiger partial charge < -0.3 is 15.7 Å². The minimum absolute atomic E-state index is 0. The summed E-state index contributed by atoms with van der Waals surface area (Å²) in [4.78, 5) is 24.4. The van der Waals surface area contributed by atoms with E-state index in [4.69, 9.17) is 23.2 Å². The number of halogens is 4. The molecular formula is C26H21Cl3FN5O3. The van der Waals surface area contributed by atoms with Gasteiger partial charge in [-0.1, -0.05) is 47.5 Å². The first-order chi connectivity index (χ1) is 17.8. The van der Waals surface area contributed by atoms with Crippen molar-refractivity contribution >= 4 is 59.1 Å². The lowest BCUT2D eigenvalue weighted by Gasteiger charge is -2.23. The molecule has 0 spiro atoms. The highest BCUT2D eigenvalue weighted by Crippen LogP contribution is 2.31. The zero-order valence-electron chi connectivity index (χ0n) is 19.5. The maximum absolute atomic E-state index is 14.6. The van der Waals surface area contributed by atoms with Crippen LogP contribution in [0, 0.1) is 5.82 Å². The topological polar surface area (TPSA) is 108 Å². The maximum atomic E-state index is 14.6. The third-order valence-electron chi connectivity index (χ3n) is 6.00. The summed E-state index contributed by atoms with van der Waals surface area (Å²) in [6.07, 6.45) is 0.288. The van der Waals surface area contributed by atoms with Gasteiger partial charge in [0.05, 0.1) is 27.1 Å². The number of carboxylic acid groups (broad SMARTS) is 1. The van der Waals surface area contributed by atoms with Gasteiger partial charge in [0.1, 0.15) is 17.7 Å². The van der Waals surface area contributed by atoms with Crippen LogP contribution in [0.4, 0.5) is 20.7 Å². The molecule has 0 fully saturated rings. The highest BCUT2D eigenvalue weighted by atomic mass is 35.5. The monoisotopic (exact) mass is 575 g/mol. The number of aromatic nitrogens is 2. The van der Waals surface area contributed by atoms with E-state index in [0.717, 1.165) is 11.1 Å². The fraction of sp³-hybridized carbons (Fsp3) is 0.115. The number of urea groups is 1. The first-order valence-corrected chi connectivity index (χ1v) is 12.0. The number of fused-ring (bicyclic) bond motifs is 1. The van der Waals surface area contributed by atoms with Crippen LogP contribution in [0.25, 0.3) is 16.9 Å². The summed E-state index contributed by atoms with van der Waals surface area (Å²) in [7, 11) is 0. The Morgan fingerprint density at radius 2 is 1.82 bits per heavy atom. The lowest BCUT2D eigenvalue weighted by molar-refractivity contribution is -0.139. The zero-order valence-corrected chi connectivity index (χ0v) is 21.9. The second kappa shape index (κ2) is 11.4. The van der Waals surface area contributed by atoms with Crippen molar-refractivity contribution in [1.29, 1.82) is 0 Å². The standard InChI is InChI=1S/C26H20Cl2FN5O3.ClH/c27-18-5-3-7-20(24(18)28)31-26(37)32-23-12-21(17-4-1-2-6-19(17)29)33-34(23)16-9-8-14-13-30-22(25(35)36)11-15(14)10-16;/h1-10,12,22,30H,11,13H2,(H,35,36)(H2,31,32,37);1H. The molecule has 12 heteroatoms. The van der Waals surface area contributed by atoms with Crippen LogP contribution in [-0.2, 0) is 17.8 Å². The number of benzene rings is 3. The van der Waals surface area contributed by atoms with Crippen molar-refractivity contribution in [3.8, 4) is 16.9 Å². The van der Waals surface area contributed by atoms with Gasteiger partial charge in [0.2, 0.25) is 0 Å². The normalized spacial score (nSPS) is 14.2. The van der Waals surface area contributed by atoms with E-state index in [9.17, 15) is 19.1 Å². The molecule has 1 unspecified atom stereocenters. The van der Waals surface area contributed by atoms with Crippen LogP contribution in [0.1, 0.15) is 11.1 Å². The number of hydrogen-bond acceptors (Lipinski definition) is 4. The van der Waals surface area contributed by atoms with E-state index in [0.29, 0.717) is 23.6 Å². The third kappa shape index (κ3) is 5.61. The van der Waals surface area contributed by atoms with E-state index < -0.39 is 23.9 Å². The van der Waals surface area contributed by atoms with E-state index >= 15 is 0 Å². The SMILES string of the molecule is Cl.O=C(Nc1cccc(Cl)c1Cl)Nc1cc(-c2ccccc2F)nn1-c1ccc2c(c1)CC(C(=O)O)NC2. The van der Waals surface area contributed by atoms with Gasteiger partial charge in [-0.3, -0.25) is 10.1 Å². The number of rotatable bonds is 5. The molecule has 0 bridgehead atoms. The molecule has 2 heterocycles. The van der Waals surface area contributed by atoms with E-state index in [-0.39, 0.29) is 40.3 Å². The number of anilines is 2. The summed E-state index contributed by atoms with van der Waals surface area (Å²) >= 11 is 12.2. The molecule has 0 aliphatic carbocycles.